The van der Waals surface area contributed by atoms with Gasteiger partial charge in [-0.15, -0.1) is 0 Å². The first kappa shape index (κ1) is 30.9. The van der Waals surface area contributed by atoms with Gasteiger partial charge in [0.25, 0.3) is 0 Å². The molecule has 0 radical (unpaired) electrons. The predicted molar refractivity (Wildman–Crippen MR) is 198 cm³/mol. The van der Waals surface area contributed by atoms with E-state index in [1.54, 1.807) is 12.1 Å². The maximum Gasteiger partial charge on any atom is 0.164 e. The van der Waals surface area contributed by atoms with Gasteiger partial charge in [-0.3, -0.25) is 0 Å². The highest BCUT2D eigenvalue weighted by Gasteiger charge is 2.45. The van der Waals surface area contributed by atoms with E-state index in [-0.39, 0.29) is 0 Å². The van der Waals surface area contributed by atoms with Crippen LogP contribution in [0.2, 0.25) is 0 Å². The van der Waals surface area contributed by atoms with Gasteiger partial charge >= 0.3 is 0 Å². The summed E-state index contributed by atoms with van der Waals surface area (Å²) in [6.07, 6.45) is 6.70. The molecule has 2 bridgehead atoms. The average Bonchev–Trinajstić information content (AvgIpc) is 3.14. The van der Waals surface area contributed by atoms with E-state index < -0.39 is 0 Å². The van der Waals surface area contributed by atoms with Crippen LogP contribution in [0.3, 0.4) is 0 Å². The fourth-order valence-electron chi connectivity index (χ4n) is 8.84. The minimum absolute atomic E-state index is 0.302. The van der Waals surface area contributed by atoms with E-state index in [4.69, 9.17) is 15.0 Å². The van der Waals surface area contributed by atoms with E-state index in [1.165, 1.54) is 43.2 Å². The summed E-state index contributed by atoms with van der Waals surface area (Å²) < 4.78 is 0. The lowest BCUT2D eigenvalue weighted by molar-refractivity contribution is 0.0780. The number of hydrogen-bond acceptors (Lipinski definition) is 4. The molecular weight excluding hydrogens is 597 g/mol. The van der Waals surface area contributed by atoms with Crippen LogP contribution in [0.1, 0.15) is 57.1 Å². The molecule has 8 rings (SSSR count). The number of nitrogens with zero attached hydrogens (tertiary/aromatic N) is 4. The van der Waals surface area contributed by atoms with Crippen LogP contribution in [0.5, 0.6) is 0 Å². The fraction of sp³-hybridized carbons (Fsp3) is 0.244. The Balaban J connectivity index is 1.25. The van der Waals surface area contributed by atoms with Crippen molar-refractivity contribution >= 4 is 0 Å². The Morgan fingerprint density at radius 3 is 1.51 bits per heavy atom. The second-order valence-corrected chi connectivity index (χ2v) is 14.5. The zero-order valence-electron chi connectivity index (χ0n) is 28.2. The smallest absolute Gasteiger partial charge is 0.164 e. The van der Waals surface area contributed by atoms with Gasteiger partial charge in [-0.2, -0.15) is 5.26 Å². The third-order valence-electron chi connectivity index (χ3n) is 10.7. The van der Waals surface area contributed by atoms with Gasteiger partial charge in [-0.1, -0.05) is 98.8 Å². The van der Waals surface area contributed by atoms with Crippen LogP contribution in [-0.4, -0.2) is 15.0 Å². The third kappa shape index (κ3) is 6.30. The molecule has 240 valence electrons. The Bertz CT molecular complexity index is 2110. The molecule has 1 unspecified atom stereocenters. The molecule has 2 aliphatic carbocycles. The average molecular weight is 637 g/mol. The SMILES string of the molecule is C[C@@H]1C[C@@H]2C[C@H](C)CC(c3ccc(-c4cc(-c5ccccc5)cc(-c5nc(-c6ccccc6)nc(-c6ccc(C#N)cc6)n5)c4)cc3)(C1)C2. The predicted octanol–water partition coefficient (Wildman–Crippen LogP) is 11.2. The van der Waals surface area contributed by atoms with Gasteiger partial charge in [0, 0.05) is 16.7 Å². The lowest BCUT2D eigenvalue weighted by Gasteiger charge is -2.50. The van der Waals surface area contributed by atoms with E-state index in [1.807, 2.05) is 42.5 Å². The van der Waals surface area contributed by atoms with Gasteiger partial charge in [0.15, 0.2) is 17.5 Å². The molecule has 4 heteroatoms. The normalized spacial score (nSPS) is 21.5. The van der Waals surface area contributed by atoms with Gasteiger partial charge < -0.3 is 0 Å². The van der Waals surface area contributed by atoms with Crippen LogP contribution in [0.15, 0.2) is 127 Å². The van der Waals surface area contributed by atoms with Crippen molar-refractivity contribution in [2.24, 2.45) is 17.8 Å². The number of fused-ring (bicyclic) bond motifs is 2. The summed E-state index contributed by atoms with van der Waals surface area (Å²) in [5, 5.41) is 9.37. The lowest BCUT2D eigenvalue weighted by atomic mass is 9.54. The van der Waals surface area contributed by atoms with E-state index in [0.717, 1.165) is 51.1 Å². The van der Waals surface area contributed by atoms with Crippen molar-refractivity contribution < 1.29 is 0 Å². The molecule has 2 saturated carbocycles. The highest BCUT2D eigenvalue weighted by Crippen LogP contribution is 2.54. The highest BCUT2D eigenvalue weighted by molar-refractivity contribution is 5.80. The van der Waals surface area contributed by atoms with Crippen LogP contribution < -0.4 is 0 Å². The van der Waals surface area contributed by atoms with Gasteiger partial charge in [0.05, 0.1) is 11.6 Å². The third-order valence-corrected chi connectivity index (χ3v) is 10.7. The molecule has 1 aromatic heterocycles. The topological polar surface area (TPSA) is 62.5 Å². The van der Waals surface area contributed by atoms with Crippen LogP contribution in [0.25, 0.3) is 56.4 Å². The molecule has 0 amide bonds. The molecule has 5 aromatic carbocycles. The Morgan fingerprint density at radius 2 is 0.959 bits per heavy atom. The first-order valence-electron chi connectivity index (χ1n) is 17.6. The molecule has 6 aromatic rings. The maximum atomic E-state index is 9.37. The molecule has 2 aliphatic rings. The highest BCUT2D eigenvalue weighted by atomic mass is 15.0. The zero-order valence-corrected chi connectivity index (χ0v) is 28.2. The monoisotopic (exact) mass is 636 g/mol. The minimum Gasteiger partial charge on any atom is -0.208 e. The summed E-state index contributed by atoms with van der Waals surface area (Å²) in [7, 11) is 0. The second-order valence-electron chi connectivity index (χ2n) is 14.5. The van der Waals surface area contributed by atoms with Gasteiger partial charge in [-0.25, -0.2) is 15.0 Å². The lowest BCUT2D eigenvalue weighted by Crippen LogP contribution is -2.42. The molecule has 0 N–H and O–H groups in total. The zero-order chi connectivity index (χ0) is 33.4. The standard InChI is InChI=1S/C45H40N4/c1-30-21-33-22-31(2)27-45(26-30,28-33)41-19-17-35(18-20-41)39-23-38(34-9-5-3-6-10-34)24-40(25-39)44-48-42(36-11-7-4-8-12-36)47-43(49-44)37-15-13-32(29-46)14-16-37/h3-20,23-25,30-31,33H,21-22,26-28H2,1-2H3/t30-,31+,33-,45?. The minimum atomic E-state index is 0.302. The first-order chi connectivity index (χ1) is 23.9. The number of benzene rings is 5. The Kier molecular flexibility index (Phi) is 8.14. The van der Waals surface area contributed by atoms with E-state index in [2.05, 4.69) is 92.7 Å². The van der Waals surface area contributed by atoms with Crippen molar-refractivity contribution in [2.45, 2.75) is 51.4 Å². The molecular formula is C45H40N4. The first-order valence-corrected chi connectivity index (χ1v) is 17.6. The molecule has 1 heterocycles. The number of nitriles is 1. The summed E-state index contributed by atoms with van der Waals surface area (Å²) in [4.78, 5) is 15.0. The molecule has 0 aliphatic heterocycles. The number of hydrogen-bond donors (Lipinski definition) is 0. The van der Waals surface area contributed by atoms with E-state index in [9.17, 15) is 5.26 Å². The summed E-state index contributed by atoms with van der Waals surface area (Å²) in [6.45, 7) is 4.91. The van der Waals surface area contributed by atoms with Crippen molar-refractivity contribution in [1.82, 2.24) is 15.0 Å². The number of aromatic nitrogens is 3. The molecule has 0 spiro atoms. The van der Waals surface area contributed by atoms with Crippen LogP contribution in [0, 0.1) is 29.1 Å². The molecule has 4 nitrogen and oxygen atoms in total. The van der Waals surface area contributed by atoms with E-state index in [0.29, 0.717) is 28.5 Å². The van der Waals surface area contributed by atoms with Crippen molar-refractivity contribution in [1.29, 1.82) is 5.26 Å². The van der Waals surface area contributed by atoms with Crippen molar-refractivity contribution in [3.8, 4) is 62.5 Å². The van der Waals surface area contributed by atoms with Crippen LogP contribution >= 0.6 is 0 Å². The molecule has 4 atom stereocenters. The maximum absolute atomic E-state index is 9.37. The summed E-state index contributed by atoms with van der Waals surface area (Å²) in [6, 6.07) is 46.4. The Hall–Kier alpha value is -5.40. The Morgan fingerprint density at radius 1 is 0.510 bits per heavy atom. The van der Waals surface area contributed by atoms with Crippen LogP contribution in [0.4, 0.5) is 0 Å². The van der Waals surface area contributed by atoms with Gasteiger partial charge in [-0.05, 0) is 126 Å². The quantitative estimate of drug-likeness (QED) is 0.182. The summed E-state index contributed by atoms with van der Waals surface area (Å²) in [5.74, 6) is 4.22. The summed E-state index contributed by atoms with van der Waals surface area (Å²) >= 11 is 0. The molecule has 2 fully saturated rings. The number of rotatable bonds is 6. The van der Waals surface area contributed by atoms with Gasteiger partial charge in [0.1, 0.15) is 0 Å². The van der Waals surface area contributed by atoms with Crippen molar-refractivity contribution in [3.05, 3.63) is 139 Å². The second kappa shape index (κ2) is 12.9. The molecule has 49 heavy (non-hydrogen) atoms. The van der Waals surface area contributed by atoms with Crippen molar-refractivity contribution in [3.63, 3.8) is 0 Å². The largest absolute Gasteiger partial charge is 0.208 e. The fourth-order valence-corrected chi connectivity index (χ4v) is 8.84. The van der Waals surface area contributed by atoms with Crippen molar-refractivity contribution in [2.75, 3.05) is 0 Å². The van der Waals surface area contributed by atoms with E-state index >= 15 is 0 Å². The van der Waals surface area contributed by atoms with Crippen LogP contribution in [-0.2, 0) is 5.41 Å². The van der Waals surface area contributed by atoms with Gasteiger partial charge in [0.2, 0.25) is 0 Å². The summed E-state index contributed by atoms with van der Waals surface area (Å²) in [5.41, 5.74) is 9.68. The molecule has 0 saturated heterocycles. The Labute approximate surface area is 289 Å².